The Labute approximate surface area is 132 Å². The SMILES string of the molecule is CSCCC(CO)NC(=O)c1nc(-n2cccc2)sc1C. The van der Waals surface area contributed by atoms with Gasteiger partial charge in [-0.15, -0.1) is 11.3 Å². The van der Waals surface area contributed by atoms with Crippen LogP contribution in [0.5, 0.6) is 0 Å². The molecule has 2 N–H and O–H groups in total. The third-order valence-electron chi connectivity index (χ3n) is 3.05. The van der Waals surface area contributed by atoms with Crippen molar-refractivity contribution in [3.05, 3.63) is 35.1 Å². The number of aliphatic hydroxyl groups excluding tert-OH is 1. The largest absolute Gasteiger partial charge is 0.394 e. The standard InChI is InChI=1S/C14H19N3O2S2/c1-10-12(13(19)15-11(9-18)5-8-20-2)16-14(21-10)17-6-3-4-7-17/h3-4,6-7,11,18H,5,8-9H2,1-2H3,(H,15,19). The molecule has 2 aromatic heterocycles. The normalized spacial score (nSPS) is 12.3. The number of aryl methyl sites for hydroxylation is 1. The summed E-state index contributed by atoms with van der Waals surface area (Å²) in [5, 5.41) is 12.9. The molecule has 0 aromatic carbocycles. The fourth-order valence-corrected chi connectivity index (χ4v) is 3.28. The molecule has 0 fully saturated rings. The number of amides is 1. The van der Waals surface area contributed by atoms with Gasteiger partial charge in [-0.3, -0.25) is 4.79 Å². The molecule has 1 unspecified atom stereocenters. The third kappa shape index (κ3) is 4.09. The predicted octanol–water partition coefficient (Wildman–Crippen LogP) is 2.09. The van der Waals surface area contributed by atoms with E-state index in [0.29, 0.717) is 5.69 Å². The minimum Gasteiger partial charge on any atom is -0.394 e. The van der Waals surface area contributed by atoms with Crippen molar-refractivity contribution in [1.82, 2.24) is 14.9 Å². The first-order chi connectivity index (χ1) is 10.2. The summed E-state index contributed by atoms with van der Waals surface area (Å²) >= 11 is 3.17. The van der Waals surface area contributed by atoms with Crippen molar-refractivity contribution in [2.75, 3.05) is 18.6 Å². The van der Waals surface area contributed by atoms with E-state index in [1.54, 1.807) is 11.8 Å². The van der Waals surface area contributed by atoms with Crippen molar-refractivity contribution >= 4 is 29.0 Å². The van der Waals surface area contributed by atoms with E-state index >= 15 is 0 Å². The fraction of sp³-hybridized carbons (Fsp3) is 0.429. The summed E-state index contributed by atoms with van der Waals surface area (Å²) in [4.78, 5) is 17.6. The monoisotopic (exact) mass is 325 g/mol. The second-order valence-corrected chi connectivity index (χ2v) is 6.79. The van der Waals surface area contributed by atoms with Crippen molar-refractivity contribution in [3.63, 3.8) is 0 Å². The Morgan fingerprint density at radius 1 is 1.52 bits per heavy atom. The number of hydrogen-bond donors (Lipinski definition) is 2. The number of carbonyl (C=O) groups excluding carboxylic acids is 1. The maximum atomic E-state index is 12.3. The van der Waals surface area contributed by atoms with Crippen LogP contribution in [0.1, 0.15) is 21.8 Å². The van der Waals surface area contributed by atoms with Crippen molar-refractivity contribution in [1.29, 1.82) is 0 Å². The van der Waals surface area contributed by atoms with E-state index in [1.807, 2.05) is 42.3 Å². The number of hydrogen-bond acceptors (Lipinski definition) is 5. The lowest BCUT2D eigenvalue weighted by atomic mass is 10.2. The minimum atomic E-state index is -0.221. The van der Waals surface area contributed by atoms with Gasteiger partial charge in [0.2, 0.25) is 0 Å². The van der Waals surface area contributed by atoms with Crippen LogP contribution in [0.3, 0.4) is 0 Å². The van der Waals surface area contributed by atoms with Crippen molar-refractivity contribution in [3.8, 4) is 5.13 Å². The molecule has 114 valence electrons. The molecule has 0 aliphatic rings. The third-order valence-corrected chi connectivity index (χ3v) is 4.68. The minimum absolute atomic E-state index is 0.0556. The van der Waals surface area contributed by atoms with Gasteiger partial charge in [0.15, 0.2) is 5.13 Å². The van der Waals surface area contributed by atoms with Crippen LogP contribution in [0.15, 0.2) is 24.5 Å². The Hall–Kier alpha value is -1.31. The van der Waals surface area contributed by atoms with E-state index in [2.05, 4.69) is 10.3 Å². The summed E-state index contributed by atoms with van der Waals surface area (Å²) in [5.41, 5.74) is 0.436. The molecule has 0 radical (unpaired) electrons. The molecule has 0 saturated carbocycles. The van der Waals surface area contributed by atoms with Crippen molar-refractivity contribution < 1.29 is 9.90 Å². The lowest BCUT2D eigenvalue weighted by molar-refractivity contribution is 0.0910. The topological polar surface area (TPSA) is 67.2 Å². The Morgan fingerprint density at radius 3 is 2.86 bits per heavy atom. The lowest BCUT2D eigenvalue weighted by Gasteiger charge is -2.15. The van der Waals surface area contributed by atoms with Gasteiger partial charge in [-0.25, -0.2) is 4.98 Å². The molecule has 2 aromatic rings. The summed E-state index contributed by atoms with van der Waals surface area (Å²) < 4.78 is 1.88. The molecule has 0 bridgehead atoms. The van der Waals surface area contributed by atoms with Crippen LogP contribution in [-0.2, 0) is 0 Å². The molecule has 5 nitrogen and oxygen atoms in total. The van der Waals surface area contributed by atoms with Gasteiger partial charge in [-0.1, -0.05) is 0 Å². The van der Waals surface area contributed by atoms with Gasteiger partial charge in [0, 0.05) is 17.3 Å². The second-order valence-electron chi connectivity index (χ2n) is 4.63. The van der Waals surface area contributed by atoms with Gasteiger partial charge in [-0.05, 0) is 37.5 Å². The molecule has 7 heteroatoms. The van der Waals surface area contributed by atoms with E-state index in [-0.39, 0.29) is 18.6 Å². The molecule has 0 aliphatic carbocycles. The fourth-order valence-electron chi connectivity index (χ4n) is 1.89. The number of carbonyl (C=O) groups is 1. The first-order valence-electron chi connectivity index (χ1n) is 6.67. The summed E-state index contributed by atoms with van der Waals surface area (Å²) in [6.07, 6.45) is 6.55. The number of nitrogens with zero attached hydrogens (tertiary/aromatic N) is 2. The molecular weight excluding hydrogens is 306 g/mol. The van der Waals surface area contributed by atoms with Gasteiger partial charge in [0.05, 0.1) is 12.6 Å². The summed E-state index contributed by atoms with van der Waals surface area (Å²) in [5.74, 6) is 0.679. The Kier molecular flexibility index (Phi) is 5.84. The number of nitrogens with one attached hydrogen (secondary N) is 1. The zero-order valence-electron chi connectivity index (χ0n) is 12.1. The van der Waals surface area contributed by atoms with Gasteiger partial charge < -0.3 is 15.0 Å². The van der Waals surface area contributed by atoms with Crippen LogP contribution >= 0.6 is 23.1 Å². The Bertz CT molecular complexity index is 581. The smallest absolute Gasteiger partial charge is 0.271 e. The first-order valence-corrected chi connectivity index (χ1v) is 8.88. The molecular formula is C14H19N3O2S2. The van der Waals surface area contributed by atoms with Gasteiger partial charge in [0.1, 0.15) is 5.69 Å². The number of rotatable bonds is 7. The molecule has 0 saturated heterocycles. The predicted molar refractivity (Wildman–Crippen MR) is 87.5 cm³/mol. The van der Waals surface area contributed by atoms with Gasteiger partial charge >= 0.3 is 0 Å². The zero-order chi connectivity index (χ0) is 15.2. The molecule has 1 amide bonds. The van der Waals surface area contributed by atoms with E-state index in [1.165, 1.54) is 11.3 Å². The second kappa shape index (κ2) is 7.63. The Morgan fingerprint density at radius 2 is 2.24 bits per heavy atom. The van der Waals surface area contributed by atoms with Gasteiger partial charge in [0.25, 0.3) is 5.91 Å². The average Bonchev–Trinajstić information content (AvgIpc) is 3.12. The van der Waals surface area contributed by atoms with Crippen LogP contribution in [0.25, 0.3) is 5.13 Å². The maximum absolute atomic E-state index is 12.3. The van der Waals surface area contributed by atoms with Gasteiger partial charge in [-0.2, -0.15) is 11.8 Å². The quantitative estimate of drug-likeness (QED) is 0.818. The number of thioether (sulfide) groups is 1. The van der Waals surface area contributed by atoms with Crippen LogP contribution in [-0.4, -0.2) is 45.2 Å². The average molecular weight is 325 g/mol. The summed E-state index contributed by atoms with van der Waals surface area (Å²) in [7, 11) is 0. The number of aliphatic hydroxyl groups is 1. The maximum Gasteiger partial charge on any atom is 0.271 e. The van der Waals surface area contributed by atoms with Crippen LogP contribution in [0, 0.1) is 6.92 Å². The highest BCUT2D eigenvalue weighted by molar-refractivity contribution is 7.98. The molecule has 2 heterocycles. The summed E-state index contributed by atoms with van der Waals surface area (Å²) in [6.45, 7) is 1.83. The lowest BCUT2D eigenvalue weighted by Crippen LogP contribution is -2.38. The molecule has 21 heavy (non-hydrogen) atoms. The van der Waals surface area contributed by atoms with Crippen molar-refractivity contribution in [2.24, 2.45) is 0 Å². The molecule has 0 spiro atoms. The van der Waals surface area contributed by atoms with Crippen LogP contribution < -0.4 is 5.32 Å². The highest BCUT2D eigenvalue weighted by Crippen LogP contribution is 2.21. The summed E-state index contributed by atoms with van der Waals surface area (Å²) in [6, 6.07) is 3.61. The molecule has 1 atom stereocenters. The highest BCUT2D eigenvalue weighted by Gasteiger charge is 2.19. The number of thiazole rings is 1. The number of aromatic nitrogens is 2. The van der Waals surface area contributed by atoms with Crippen molar-refractivity contribution in [2.45, 2.75) is 19.4 Å². The van der Waals surface area contributed by atoms with E-state index in [4.69, 9.17) is 0 Å². The zero-order valence-corrected chi connectivity index (χ0v) is 13.7. The van der Waals surface area contributed by atoms with Crippen LogP contribution in [0.2, 0.25) is 0 Å². The highest BCUT2D eigenvalue weighted by atomic mass is 32.2. The van der Waals surface area contributed by atoms with Crippen LogP contribution in [0.4, 0.5) is 0 Å². The van der Waals surface area contributed by atoms with E-state index in [0.717, 1.165) is 22.2 Å². The van der Waals surface area contributed by atoms with E-state index < -0.39 is 0 Å². The Balaban J connectivity index is 2.08. The molecule has 2 rings (SSSR count). The first kappa shape index (κ1) is 16.1. The molecule has 0 aliphatic heterocycles. The van der Waals surface area contributed by atoms with E-state index in [9.17, 15) is 9.90 Å².